The number of pyridine rings is 1. The lowest BCUT2D eigenvalue weighted by Crippen LogP contribution is -2.19. The molecule has 0 aliphatic carbocycles. The lowest BCUT2D eigenvalue weighted by Gasteiger charge is -2.14. The van der Waals surface area contributed by atoms with E-state index in [0.29, 0.717) is 5.69 Å². The average molecular weight is 388 g/mol. The van der Waals surface area contributed by atoms with Gasteiger partial charge in [-0.25, -0.2) is 9.67 Å². The topological polar surface area (TPSA) is 69.0 Å². The van der Waals surface area contributed by atoms with Crippen LogP contribution in [0.5, 0.6) is 5.75 Å². The summed E-state index contributed by atoms with van der Waals surface area (Å²) in [6.45, 7) is 6.03. The van der Waals surface area contributed by atoms with Crippen molar-refractivity contribution in [2.45, 2.75) is 32.7 Å². The number of hydrogen-bond donors (Lipinski definition) is 1. The summed E-state index contributed by atoms with van der Waals surface area (Å²) in [6.07, 6.45) is 3.46. The number of anilines is 1. The SMILES string of the molecule is COc1ccc2cc([C@H](C)C(=O)Nc3cnc4c(cnn4C(C)C)c3)ccc2c1. The van der Waals surface area contributed by atoms with Crippen molar-refractivity contribution < 1.29 is 9.53 Å². The van der Waals surface area contributed by atoms with Crippen molar-refractivity contribution in [2.24, 2.45) is 0 Å². The van der Waals surface area contributed by atoms with Crippen molar-refractivity contribution in [2.75, 3.05) is 12.4 Å². The minimum absolute atomic E-state index is 0.0738. The predicted octanol–water partition coefficient (Wildman–Crippen LogP) is 4.92. The number of nitrogens with zero attached hydrogens (tertiary/aromatic N) is 3. The Bertz CT molecular complexity index is 1200. The standard InChI is InChI=1S/C23H24N4O2/c1-14(2)27-22-19(12-25-27)10-20(13-24-22)26-23(28)15(3)16-5-6-18-11-21(29-4)8-7-17(18)9-16/h5-15H,1-4H3,(H,26,28)/t15-/m0/s1. The molecule has 29 heavy (non-hydrogen) atoms. The molecule has 0 spiro atoms. The van der Waals surface area contributed by atoms with Gasteiger partial charge in [0.1, 0.15) is 5.75 Å². The van der Waals surface area contributed by atoms with Gasteiger partial charge in [0, 0.05) is 11.4 Å². The number of amides is 1. The molecule has 0 saturated carbocycles. The summed E-state index contributed by atoms with van der Waals surface area (Å²) in [5.41, 5.74) is 2.45. The molecular weight excluding hydrogens is 364 g/mol. The second-order valence-corrected chi connectivity index (χ2v) is 7.50. The van der Waals surface area contributed by atoms with Crippen molar-refractivity contribution in [3.8, 4) is 5.75 Å². The minimum atomic E-state index is -0.296. The highest BCUT2D eigenvalue weighted by Gasteiger charge is 2.17. The Morgan fingerprint density at radius 2 is 1.76 bits per heavy atom. The zero-order chi connectivity index (χ0) is 20.5. The van der Waals surface area contributed by atoms with Crippen molar-refractivity contribution in [3.63, 3.8) is 0 Å². The molecule has 4 aromatic rings. The van der Waals surface area contributed by atoms with Crippen LogP contribution in [0.4, 0.5) is 5.69 Å². The van der Waals surface area contributed by atoms with Gasteiger partial charge < -0.3 is 10.1 Å². The molecule has 6 nitrogen and oxygen atoms in total. The first-order valence-corrected chi connectivity index (χ1v) is 9.68. The zero-order valence-corrected chi connectivity index (χ0v) is 17.0. The van der Waals surface area contributed by atoms with Crippen molar-refractivity contribution >= 4 is 33.4 Å². The van der Waals surface area contributed by atoms with Crippen LogP contribution in [0.3, 0.4) is 0 Å². The van der Waals surface area contributed by atoms with E-state index in [-0.39, 0.29) is 17.9 Å². The fraction of sp³-hybridized carbons (Fsp3) is 0.261. The van der Waals surface area contributed by atoms with Gasteiger partial charge in [-0.3, -0.25) is 4.79 Å². The van der Waals surface area contributed by atoms with Gasteiger partial charge >= 0.3 is 0 Å². The Hall–Kier alpha value is -3.41. The number of rotatable bonds is 5. The average Bonchev–Trinajstić information content (AvgIpc) is 3.16. The smallest absolute Gasteiger partial charge is 0.231 e. The summed E-state index contributed by atoms with van der Waals surface area (Å²) in [5, 5.41) is 10.4. The highest BCUT2D eigenvalue weighted by Crippen LogP contribution is 2.26. The van der Waals surface area contributed by atoms with Crippen LogP contribution < -0.4 is 10.1 Å². The van der Waals surface area contributed by atoms with E-state index >= 15 is 0 Å². The number of carbonyl (C=O) groups is 1. The van der Waals surface area contributed by atoms with Gasteiger partial charge in [-0.2, -0.15) is 5.10 Å². The molecule has 0 fully saturated rings. The normalized spacial score (nSPS) is 12.4. The van der Waals surface area contributed by atoms with E-state index in [9.17, 15) is 4.79 Å². The minimum Gasteiger partial charge on any atom is -0.497 e. The first-order chi connectivity index (χ1) is 14.0. The monoisotopic (exact) mass is 388 g/mol. The molecule has 0 aliphatic rings. The summed E-state index contributed by atoms with van der Waals surface area (Å²) in [5.74, 6) is 0.450. The fourth-order valence-corrected chi connectivity index (χ4v) is 3.43. The first kappa shape index (κ1) is 18.9. The van der Waals surface area contributed by atoms with Gasteiger partial charge in [-0.05, 0) is 55.3 Å². The van der Waals surface area contributed by atoms with E-state index in [1.54, 1.807) is 19.5 Å². The molecule has 2 heterocycles. The summed E-state index contributed by atoms with van der Waals surface area (Å²) < 4.78 is 7.14. The van der Waals surface area contributed by atoms with E-state index in [4.69, 9.17) is 4.74 Å². The number of aromatic nitrogens is 3. The van der Waals surface area contributed by atoms with Crippen molar-refractivity contribution in [1.82, 2.24) is 14.8 Å². The van der Waals surface area contributed by atoms with Gasteiger partial charge in [0.05, 0.1) is 31.1 Å². The molecule has 1 amide bonds. The summed E-state index contributed by atoms with van der Waals surface area (Å²) in [6, 6.07) is 14.1. The molecule has 0 radical (unpaired) electrons. The van der Waals surface area contributed by atoms with Crippen LogP contribution in [0.25, 0.3) is 21.8 Å². The quantitative estimate of drug-likeness (QED) is 0.527. The molecule has 2 aromatic heterocycles. The first-order valence-electron chi connectivity index (χ1n) is 9.68. The lowest BCUT2D eigenvalue weighted by atomic mass is 9.97. The molecule has 0 bridgehead atoms. The number of fused-ring (bicyclic) bond motifs is 2. The number of ether oxygens (including phenoxy) is 1. The molecule has 0 saturated heterocycles. The van der Waals surface area contributed by atoms with Crippen LogP contribution in [0.1, 0.15) is 38.3 Å². The molecule has 6 heteroatoms. The van der Waals surface area contributed by atoms with Crippen LogP contribution in [0, 0.1) is 0 Å². The number of methoxy groups -OCH3 is 1. The third-order valence-electron chi connectivity index (χ3n) is 5.15. The Balaban J connectivity index is 1.54. The van der Waals surface area contributed by atoms with E-state index < -0.39 is 0 Å². The largest absolute Gasteiger partial charge is 0.497 e. The van der Waals surface area contributed by atoms with Crippen molar-refractivity contribution in [3.05, 3.63) is 60.4 Å². The van der Waals surface area contributed by atoms with E-state index in [0.717, 1.165) is 33.1 Å². The molecule has 0 unspecified atom stereocenters. The second kappa shape index (κ2) is 7.54. The number of hydrogen-bond acceptors (Lipinski definition) is 4. The Kier molecular flexibility index (Phi) is 4.92. The van der Waals surface area contributed by atoms with Gasteiger partial charge in [0.25, 0.3) is 0 Å². The molecule has 148 valence electrons. The number of carbonyl (C=O) groups excluding carboxylic acids is 1. The summed E-state index contributed by atoms with van der Waals surface area (Å²) >= 11 is 0. The lowest BCUT2D eigenvalue weighted by molar-refractivity contribution is -0.117. The van der Waals surface area contributed by atoms with Crippen LogP contribution in [0.2, 0.25) is 0 Å². The van der Waals surface area contributed by atoms with Gasteiger partial charge in [-0.15, -0.1) is 0 Å². The number of benzene rings is 2. The van der Waals surface area contributed by atoms with E-state index in [1.807, 2.05) is 54.1 Å². The molecule has 4 rings (SSSR count). The second-order valence-electron chi connectivity index (χ2n) is 7.50. The Morgan fingerprint density at radius 1 is 1.00 bits per heavy atom. The maximum atomic E-state index is 12.8. The zero-order valence-electron chi connectivity index (χ0n) is 17.0. The van der Waals surface area contributed by atoms with Gasteiger partial charge in [-0.1, -0.05) is 24.3 Å². The van der Waals surface area contributed by atoms with Crippen LogP contribution in [-0.2, 0) is 4.79 Å². The van der Waals surface area contributed by atoms with Gasteiger partial charge in [0.2, 0.25) is 5.91 Å². The molecule has 0 aliphatic heterocycles. The third-order valence-corrected chi connectivity index (χ3v) is 5.15. The highest BCUT2D eigenvalue weighted by molar-refractivity contribution is 5.97. The molecule has 2 aromatic carbocycles. The fourth-order valence-electron chi connectivity index (χ4n) is 3.43. The van der Waals surface area contributed by atoms with Crippen LogP contribution in [-0.4, -0.2) is 27.8 Å². The molecule has 1 atom stereocenters. The predicted molar refractivity (Wildman–Crippen MR) is 115 cm³/mol. The van der Waals surface area contributed by atoms with Crippen molar-refractivity contribution in [1.29, 1.82) is 0 Å². The maximum absolute atomic E-state index is 12.8. The number of nitrogens with one attached hydrogen (secondary N) is 1. The Morgan fingerprint density at radius 3 is 2.52 bits per heavy atom. The summed E-state index contributed by atoms with van der Waals surface area (Å²) in [4.78, 5) is 17.3. The highest BCUT2D eigenvalue weighted by atomic mass is 16.5. The van der Waals surface area contributed by atoms with Crippen LogP contribution >= 0.6 is 0 Å². The summed E-state index contributed by atoms with van der Waals surface area (Å²) in [7, 11) is 1.65. The maximum Gasteiger partial charge on any atom is 0.231 e. The van der Waals surface area contributed by atoms with Crippen LogP contribution in [0.15, 0.2) is 54.9 Å². The molecule has 1 N–H and O–H groups in total. The van der Waals surface area contributed by atoms with Gasteiger partial charge in [0.15, 0.2) is 5.65 Å². The third kappa shape index (κ3) is 3.66. The Labute approximate surface area is 169 Å². The van der Waals surface area contributed by atoms with E-state index in [1.165, 1.54) is 0 Å². The van der Waals surface area contributed by atoms with E-state index in [2.05, 4.69) is 29.2 Å². The molecular formula is C23H24N4O2.